The van der Waals surface area contributed by atoms with Gasteiger partial charge >= 0.3 is 12.1 Å². The van der Waals surface area contributed by atoms with Gasteiger partial charge < -0.3 is 20.1 Å². The Labute approximate surface area is 193 Å². The maximum atomic E-state index is 12.4. The van der Waals surface area contributed by atoms with Crippen LogP contribution in [0.5, 0.6) is 0 Å². The number of Topliss-reactive ketones (excluding diaryl/α,β-unsaturated/α-hetero) is 1. The molecule has 1 amide bonds. The predicted octanol–water partition coefficient (Wildman–Crippen LogP) is 3.67. The Morgan fingerprint density at radius 1 is 1.00 bits per heavy atom. The summed E-state index contributed by atoms with van der Waals surface area (Å²) in [6.07, 6.45) is 0.421. The number of carbonyl (C=O) groups is 4. The summed E-state index contributed by atoms with van der Waals surface area (Å²) < 4.78 is 9.79. The zero-order valence-electron chi connectivity index (χ0n) is 18.9. The molecule has 0 aliphatic heterocycles. The number of amides is 1. The first kappa shape index (κ1) is 25.3. The SMILES string of the molecule is COC(=O)[C@H](CC(=O)CNc1cccc(C(=O)C=C(C)C)c1)NC(=O)OCc1ccccc1. The van der Waals surface area contributed by atoms with Crippen LogP contribution in [0.1, 0.15) is 36.2 Å². The highest BCUT2D eigenvalue weighted by atomic mass is 16.6. The smallest absolute Gasteiger partial charge is 0.408 e. The van der Waals surface area contributed by atoms with Crippen LogP contribution in [0, 0.1) is 0 Å². The third-order valence-electron chi connectivity index (χ3n) is 4.48. The van der Waals surface area contributed by atoms with Crippen LogP contribution in [-0.2, 0) is 25.7 Å². The molecule has 0 saturated heterocycles. The molecule has 2 aromatic carbocycles. The molecule has 0 unspecified atom stereocenters. The van der Waals surface area contributed by atoms with Crippen LogP contribution in [0.4, 0.5) is 10.5 Å². The Hall–Kier alpha value is -3.94. The van der Waals surface area contributed by atoms with Crippen molar-refractivity contribution >= 4 is 29.3 Å². The minimum absolute atomic E-state index is 0.0257. The molecule has 2 aromatic rings. The van der Waals surface area contributed by atoms with Gasteiger partial charge in [0.15, 0.2) is 11.6 Å². The molecule has 2 rings (SSSR count). The molecule has 174 valence electrons. The number of hydrogen-bond acceptors (Lipinski definition) is 7. The molecule has 8 nitrogen and oxygen atoms in total. The van der Waals surface area contributed by atoms with Gasteiger partial charge in [0.1, 0.15) is 12.6 Å². The molecule has 2 N–H and O–H groups in total. The summed E-state index contributed by atoms with van der Waals surface area (Å²) in [5.74, 6) is -1.22. The quantitative estimate of drug-likeness (QED) is 0.304. The molecule has 0 saturated carbocycles. The van der Waals surface area contributed by atoms with E-state index in [4.69, 9.17) is 4.74 Å². The Balaban J connectivity index is 1.90. The average molecular weight is 453 g/mol. The van der Waals surface area contributed by atoms with Crippen LogP contribution < -0.4 is 10.6 Å². The first-order valence-electron chi connectivity index (χ1n) is 10.4. The van der Waals surface area contributed by atoms with Crippen molar-refractivity contribution in [3.63, 3.8) is 0 Å². The Bertz CT molecular complexity index is 1010. The molecule has 0 aliphatic rings. The summed E-state index contributed by atoms with van der Waals surface area (Å²) in [7, 11) is 1.17. The second-order valence-electron chi connectivity index (χ2n) is 7.54. The highest BCUT2D eigenvalue weighted by Crippen LogP contribution is 2.13. The minimum atomic E-state index is -1.18. The fraction of sp³-hybridized carbons (Fsp3) is 0.280. The molecular formula is C25H28N2O6. The van der Waals surface area contributed by atoms with E-state index in [1.54, 1.807) is 36.4 Å². The number of methoxy groups -OCH3 is 1. The van der Waals surface area contributed by atoms with Crippen molar-refractivity contribution in [3.05, 3.63) is 77.4 Å². The van der Waals surface area contributed by atoms with Crippen LogP contribution in [-0.4, -0.2) is 43.3 Å². The molecular weight excluding hydrogens is 424 g/mol. The molecule has 33 heavy (non-hydrogen) atoms. The first-order valence-corrected chi connectivity index (χ1v) is 10.4. The lowest BCUT2D eigenvalue weighted by atomic mass is 10.1. The number of allylic oxidation sites excluding steroid dienone is 2. The number of anilines is 1. The molecule has 0 fully saturated rings. The first-order chi connectivity index (χ1) is 15.8. The number of ether oxygens (including phenoxy) is 2. The van der Waals surface area contributed by atoms with Crippen molar-refractivity contribution in [1.82, 2.24) is 5.32 Å². The van der Waals surface area contributed by atoms with Crippen LogP contribution in [0.2, 0.25) is 0 Å². The zero-order valence-corrected chi connectivity index (χ0v) is 18.9. The molecule has 8 heteroatoms. The van der Waals surface area contributed by atoms with E-state index < -0.39 is 18.1 Å². The van der Waals surface area contributed by atoms with Crippen molar-refractivity contribution in [3.8, 4) is 0 Å². The predicted molar refractivity (Wildman–Crippen MR) is 124 cm³/mol. The molecule has 1 atom stereocenters. The lowest BCUT2D eigenvalue weighted by molar-refractivity contribution is -0.144. The lowest BCUT2D eigenvalue weighted by Crippen LogP contribution is -2.43. The summed E-state index contributed by atoms with van der Waals surface area (Å²) in [5.41, 5.74) is 2.75. The highest BCUT2D eigenvalue weighted by molar-refractivity contribution is 6.05. The summed E-state index contributed by atoms with van der Waals surface area (Å²) in [4.78, 5) is 48.7. The summed E-state index contributed by atoms with van der Waals surface area (Å²) >= 11 is 0. The number of benzene rings is 2. The van der Waals surface area contributed by atoms with Crippen molar-refractivity contribution in [2.75, 3.05) is 19.0 Å². The van der Waals surface area contributed by atoms with Gasteiger partial charge in [0.2, 0.25) is 0 Å². The summed E-state index contributed by atoms with van der Waals surface area (Å²) in [5, 5.41) is 5.31. The maximum Gasteiger partial charge on any atom is 0.408 e. The fourth-order valence-electron chi connectivity index (χ4n) is 2.87. The molecule has 0 bridgehead atoms. The average Bonchev–Trinajstić information content (AvgIpc) is 2.81. The standard InChI is InChI=1S/C25H28N2O6/c1-17(2)12-23(29)19-10-7-11-20(13-19)26-15-21(28)14-22(24(30)32-3)27-25(31)33-16-18-8-5-4-6-9-18/h4-13,22,26H,14-16H2,1-3H3,(H,27,31)/t22-/m0/s1. The van der Waals surface area contributed by atoms with E-state index in [-0.39, 0.29) is 31.1 Å². The van der Waals surface area contributed by atoms with Crippen molar-refractivity contribution < 1.29 is 28.7 Å². The Kier molecular flexibility index (Phi) is 9.82. The molecule has 0 aliphatic carbocycles. The van der Waals surface area contributed by atoms with E-state index in [1.807, 2.05) is 32.0 Å². The van der Waals surface area contributed by atoms with Gasteiger partial charge in [0.05, 0.1) is 13.7 Å². The van der Waals surface area contributed by atoms with E-state index in [9.17, 15) is 19.2 Å². The van der Waals surface area contributed by atoms with E-state index in [0.717, 1.165) is 11.1 Å². The molecule has 0 radical (unpaired) electrons. The number of hydrogen-bond donors (Lipinski definition) is 2. The van der Waals surface area contributed by atoms with Gasteiger partial charge in [-0.25, -0.2) is 9.59 Å². The third-order valence-corrected chi connectivity index (χ3v) is 4.48. The number of ketones is 2. The fourth-order valence-corrected chi connectivity index (χ4v) is 2.87. The minimum Gasteiger partial charge on any atom is -0.467 e. The Morgan fingerprint density at radius 3 is 2.39 bits per heavy atom. The lowest BCUT2D eigenvalue weighted by Gasteiger charge is -2.16. The van der Waals surface area contributed by atoms with Gasteiger partial charge in [-0.1, -0.05) is 48.0 Å². The van der Waals surface area contributed by atoms with Crippen LogP contribution in [0.25, 0.3) is 0 Å². The zero-order chi connectivity index (χ0) is 24.2. The Morgan fingerprint density at radius 2 is 1.73 bits per heavy atom. The maximum absolute atomic E-state index is 12.4. The monoisotopic (exact) mass is 452 g/mol. The number of rotatable bonds is 11. The van der Waals surface area contributed by atoms with Crippen molar-refractivity contribution in [1.29, 1.82) is 0 Å². The topological polar surface area (TPSA) is 111 Å². The van der Waals surface area contributed by atoms with Gasteiger partial charge in [-0.15, -0.1) is 0 Å². The van der Waals surface area contributed by atoms with Gasteiger partial charge in [0.25, 0.3) is 0 Å². The molecule has 0 spiro atoms. The van der Waals surface area contributed by atoms with Crippen molar-refractivity contribution in [2.45, 2.75) is 32.9 Å². The second kappa shape index (κ2) is 12.8. The van der Waals surface area contributed by atoms with E-state index in [2.05, 4.69) is 15.4 Å². The third kappa shape index (κ3) is 8.98. The van der Waals surface area contributed by atoms with E-state index >= 15 is 0 Å². The number of carbonyl (C=O) groups excluding carboxylic acids is 4. The molecule has 0 heterocycles. The van der Waals surface area contributed by atoms with Gasteiger partial charge in [-0.2, -0.15) is 0 Å². The number of nitrogens with one attached hydrogen (secondary N) is 2. The second-order valence-corrected chi connectivity index (χ2v) is 7.54. The van der Waals surface area contributed by atoms with E-state index in [0.29, 0.717) is 11.3 Å². The van der Waals surface area contributed by atoms with Gasteiger partial charge in [-0.05, 0) is 37.6 Å². The van der Waals surface area contributed by atoms with Gasteiger partial charge in [-0.3, -0.25) is 9.59 Å². The number of alkyl carbamates (subject to hydrolysis) is 1. The van der Waals surface area contributed by atoms with Crippen molar-refractivity contribution in [2.24, 2.45) is 0 Å². The molecule has 0 aromatic heterocycles. The number of esters is 1. The highest BCUT2D eigenvalue weighted by Gasteiger charge is 2.25. The normalized spacial score (nSPS) is 11.0. The largest absolute Gasteiger partial charge is 0.467 e. The van der Waals surface area contributed by atoms with Gasteiger partial charge in [0, 0.05) is 17.7 Å². The summed E-state index contributed by atoms with van der Waals surface area (Å²) in [6, 6.07) is 14.6. The van der Waals surface area contributed by atoms with Crippen LogP contribution in [0.15, 0.2) is 66.2 Å². The van der Waals surface area contributed by atoms with E-state index in [1.165, 1.54) is 13.2 Å². The van der Waals surface area contributed by atoms with Crippen LogP contribution in [0.3, 0.4) is 0 Å². The van der Waals surface area contributed by atoms with Crippen LogP contribution >= 0.6 is 0 Å². The summed E-state index contributed by atoms with van der Waals surface area (Å²) in [6.45, 7) is 3.59.